The van der Waals surface area contributed by atoms with Gasteiger partial charge < -0.3 is 10.1 Å². The van der Waals surface area contributed by atoms with Crippen LogP contribution in [0.4, 0.5) is 11.4 Å². The van der Waals surface area contributed by atoms with E-state index < -0.39 is 15.9 Å². The maximum absolute atomic E-state index is 13.2. The lowest BCUT2D eigenvalue weighted by atomic mass is 10.2. The summed E-state index contributed by atoms with van der Waals surface area (Å²) in [7, 11) is -2.41. The molecule has 29 heavy (non-hydrogen) atoms. The predicted molar refractivity (Wildman–Crippen MR) is 114 cm³/mol. The highest BCUT2D eigenvalue weighted by molar-refractivity contribution is 7.92. The van der Waals surface area contributed by atoms with Crippen LogP contribution in [0.15, 0.2) is 83.8 Å². The zero-order valence-corrected chi connectivity index (χ0v) is 17.0. The summed E-state index contributed by atoms with van der Waals surface area (Å²) in [6.07, 6.45) is 0. The van der Waals surface area contributed by atoms with Crippen molar-refractivity contribution in [2.45, 2.75) is 11.8 Å². The summed E-state index contributed by atoms with van der Waals surface area (Å²) in [5, 5.41) is 2.76. The van der Waals surface area contributed by atoms with Gasteiger partial charge in [-0.05, 0) is 48.9 Å². The van der Waals surface area contributed by atoms with E-state index in [2.05, 4.69) is 5.32 Å². The van der Waals surface area contributed by atoms with E-state index >= 15 is 0 Å². The second kappa shape index (κ2) is 8.79. The number of aryl methyl sites for hydroxylation is 1. The van der Waals surface area contributed by atoms with E-state index in [1.165, 1.54) is 19.2 Å². The molecule has 0 heterocycles. The molecule has 7 heteroatoms. The molecule has 0 bridgehead atoms. The third kappa shape index (κ3) is 4.75. The van der Waals surface area contributed by atoms with Crippen molar-refractivity contribution < 1.29 is 17.9 Å². The molecule has 0 spiro atoms. The van der Waals surface area contributed by atoms with Gasteiger partial charge in [0.15, 0.2) is 0 Å². The lowest BCUT2D eigenvalue weighted by Crippen LogP contribution is -2.38. The molecule has 3 rings (SSSR count). The Kier molecular flexibility index (Phi) is 6.19. The molecule has 0 saturated carbocycles. The number of nitrogens with zero attached hydrogens (tertiary/aromatic N) is 1. The standard InChI is InChI=1S/C22H22N2O4S/c1-17-13-14-21(28-2)20(15-17)23-22(25)16-24(18-9-5-3-6-10-18)29(26,27)19-11-7-4-8-12-19/h3-15H,16H2,1-2H3,(H,23,25). The average Bonchev–Trinajstić information content (AvgIpc) is 2.73. The molecule has 1 amide bonds. The highest BCUT2D eigenvalue weighted by Crippen LogP contribution is 2.26. The molecule has 0 fully saturated rings. The van der Waals surface area contributed by atoms with E-state index in [0.29, 0.717) is 17.1 Å². The van der Waals surface area contributed by atoms with Gasteiger partial charge in [0.2, 0.25) is 5.91 Å². The number of sulfonamides is 1. The quantitative estimate of drug-likeness (QED) is 0.642. The normalized spacial score (nSPS) is 11.0. The smallest absolute Gasteiger partial charge is 0.264 e. The number of anilines is 2. The van der Waals surface area contributed by atoms with Crippen molar-refractivity contribution >= 4 is 27.3 Å². The molecule has 0 saturated heterocycles. The van der Waals surface area contributed by atoms with Crippen LogP contribution in [0.3, 0.4) is 0 Å². The van der Waals surface area contributed by atoms with E-state index in [1.807, 2.05) is 13.0 Å². The van der Waals surface area contributed by atoms with Crippen molar-refractivity contribution in [1.82, 2.24) is 0 Å². The molecule has 0 atom stereocenters. The zero-order valence-electron chi connectivity index (χ0n) is 16.2. The summed E-state index contributed by atoms with van der Waals surface area (Å²) in [5.41, 5.74) is 1.84. The molecule has 0 unspecified atom stereocenters. The van der Waals surface area contributed by atoms with E-state index in [1.54, 1.807) is 60.7 Å². The second-order valence-corrected chi connectivity index (χ2v) is 8.27. The number of rotatable bonds is 7. The Labute approximate surface area is 170 Å². The number of hydrogen-bond donors (Lipinski definition) is 1. The van der Waals surface area contributed by atoms with Crippen molar-refractivity contribution in [2.75, 3.05) is 23.3 Å². The molecule has 0 aliphatic rings. The van der Waals surface area contributed by atoms with Gasteiger partial charge in [-0.15, -0.1) is 0 Å². The summed E-state index contributed by atoms with van der Waals surface area (Å²) in [4.78, 5) is 12.9. The summed E-state index contributed by atoms with van der Waals surface area (Å²) in [5.74, 6) is 0.0263. The molecule has 1 N–H and O–H groups in total. The molecule has 0 aromatic heterocycles. The first-order chi connectivity index (χ1) is 13.9. The van der Waals surface area contributed by atoms with Crippen LogP contribution in [0.2, 0.25) is 0 Å². The monoisotopic (exact) mass is 410 g/mol. The van der Waals surface area contributed by atoms with E-state index in [9.17, 15) is 13.2 Å². The van der Waals surface area contributed by atoms with Gasteiger partial charge in [-0.3, -0.25) is 9.10 Å². The molecular weight excluding hydrogens is 388 g/mol. The minimum absolute atomic E-state index is 0.116. The lowest BCUT2D eigenvalue weighted by molar-refractivity contribution is -0.114. The van der Waals surface area contributed by atoms with Crippen molar-refractivity contribution in [3.63, 3.8) is 0 Å². The van der Waals surface area contributed by atoms with Crippen LogP contribution >= 0.6 is 0 Å². The van der Waals surface area contributed by atoms with E-state index in [4.69, 9.17) is 4.74 Å². The fraction of sp³-hybridized carbons (Fsp3) is 0.136. The van der Waals surface area contributed by atoms with Crippen molar-refractivity contribution in [3.8, 4) is 5.75 Å². The van der Waals surface area contributed by atoms with Crippen LogP contribution in [0.5, 0.6) is 5.75 Å². The Morgan fingerprint density at radius 2 is 1.59 bits per heavy atom. The first-order valence-electron chi connectivity index (χ1n) is 8.99. The molecule has 6 nitrogen and oxygen atoms in total. The van der Waals surface area contributed by atoms with Gasteiger partial charge in [-0.1, -0.05) is 42.5 Å². The number of carbonyl (C=O) groups excluding carboxylic acids is 1. The van der Waals surface area contributed by atoms with Crippen molar-refractivity contribution in [1.29, 1.82) is 0 Å². The first-order valence-corrected chi connectivity index (χ1v) is 10.4. The molecule has 150 valence electrons. The van der Waals surface area contributed by atoms with E-state index in [0.717, 1.165) is 9.87 Å². The number of carbonyl (C=O) groups is 1. The number of hydrogen-bond acceptors (Lipinski definition) is 4. The first kappa shape index (κ1) is 20.4. The number of amides is 1. The van der Waals surface area contributed by atoms with Crippen LogP contribution in [0.1, 0.15) is 5.56 Å². The minimum Gasteiger partial charge on any atom is -0.495 e. The number of nitrogens with one attached hydrogen (secondary N) is 1. The van der Waals surface area contributed by atoms with Crippen LogP contribution in [-0.2, 0) is 14.8 Å². The van der Waals surface area contributed by atoms with Crippen LogP contribution in [0.25, 0.3) is 0 Å². The van der Waals surface area contributed by atoms with E-state index in [-0.39, 0.29) is 11.4 Å². The fourth-order valence-electron chi connectivity index (χ4n) is 2.87. The Morgan fingerprint density at radius 3 is 2.21 bits per heavy atom. The molecule has 0 aliphatic carbocycles. The van der Waals surface area contributed by atoms with Crippen LogP contribution in [-0.4, -0.2) is 28.0 Å². The largest absolute Gasteiger partial charge is 0.495 e. The average molecular weight is 410 g/mol. The summed E-state index contributed by atoms with van der Waals surface area (Å²) in [6.45, 7) is 1.52. The second-order valence-electron chi connectivity index (χ2n) is 6.41. The van der Waals surface area contributed by atoms with Crippen LogP contribution < -0.4 is 14.4 Å². The van der Waals surface area contributed by atoms with Gasteiger partial charge in [0, 0.05) is 0 Å². The Morgan fingerprint density at radius 1 is 0.966 bits per heavy atom. The van der Waals surface area contributed by atoms with Gasteiger partial charge in [0.05, 0.1) is 23.4 Å². The third-order valence-corrected chi connectivity index (χ3v) is 6.08. The molecule has 3 aromatic rings. The van der Waals surface area contributed by atoms with Gasteiger partial charge in [-0.2, -0.15) is 0 Å². The number of benzene rings is 3. The maximum Gasteiger partial charge on any atom is 0.264 e. The number of para-hydroxylation sites is 1. The Hall–Kier alpha value is -3.32. The topological polar surface area (TPSA) is 75.7 Å². The highest BCUT2D eigenvalue weighted by Gasteiger charge is 2.27. The summed E-state index contributed by atoms with van der Waals surface area (Å²) in [6, 6.07) is 22.0. The maximum atomic E-state index is 13.2. The van der Waals surface area contributed by atoms with Gasteiger partial charge in [0.1, 0.15) is 12.3 Å². The fourth-order valence-corrected chi connectivity index (χ4v) is 4.31. The summed E-state index contributed by atoms with van der Waals surface area (Å²) < 4.78 is 32.8. The van der Waals surface area contributed by atoms with Gasteiger partial charge in [-0.25, -0.2) is 8.42 Å². The van der Waals surface area contributed by atoms with Crippen molar-refractivity contribution in [3.05, 3.63) is 84.4 Å². The predicted octanol–water partition coefficient (Wildman–Crippen LogP) is 3.84. The number of methoxy groups -OCH3 is 1. The van der Waals surface area contributed by atoms with Gasteiger partial charge >= 0.3 is 0 Å². The zero-order chi connectivity index (χ0) is 20.9. The molecular formula is C22H22N2O4S. The van der Waals surface area contributed by atoms with Crippen molar-refractivity contribution in [2.24, 2.45) is 0 Å². The molecule has 0 radical (unpaired) electrons. The number of ether oxygens (including phenoxy) is 1. The summed E-state index contributed by atoms with van der Waals surface area (Å²) >= 11 is 0. The SMILES string of the molecule is COc1ccc(C)cc1NC(=O)CN(c1ccccc1)S(=O)(=O)c1ccccc1. The minimum atomic E-state index is -3.92. The lowest BCUT2D eigenvalue weighted by Gasteiger charge is -2.24. The molecule has 0 aliphatic heterocycles. The molecule has 3 aromatic carbocycles. The van der Waals surface area contributed by atoms with Crippen LogP contribution in [0, 0.1) is 6.92 Å². The Bertz CT molecular complexity index is 1080. The third-order valence-electron chi connectivity index (χ3n) is 4.29. The Balaban J connectivity index is 1.92. The van der Waals surface area contributed by atoms with Gasteiger partial charge in [0.25, 0.3) is 10.0 Å². The highest BCUT2D eigenvalue weighted by atomic mass is 32.2.